The monoisotopic (exact) mass is 240 g/mol. The van der Waals surface area contributed by atoms with E-state index in [1.165, 1.54) is 12.1 Å². The van der Waals surface area contributed by atoms with Crippen molar-refractivity contribution in [1.82, 2.24) is 0 Å². The zero-order valence-corrected chi connectivity index (χ0v) is 10.7. The largest absolute Gasteiger partial charge is 0.495 e. The van der Waals surface area contributed by atoms with E-state index in [1.54, 1.807) is 13.2 Å². The first-order valence-corrected chi connectivity index (χ1v) is 5.76. The van der Waals surface area contributed by atoms with E-state index >= 15 is 0 Å². The number of nitrogens with two attached hydrogens (primary N) is 1. The fraction of sp³-hybridized carbons (Fsp3) is 0.538. The summed E-state index contributed by atoms with van der Waals surface area (Å²) in [5.41, 5.74) is 6.43. The van der Waals surface area contributed by atoms with Gasteiger partial charge in [-0.15, -0.1) is 0 Å². The Balaban J connectivity index is 2.59. The van der Waals surface area contributed by atoms with Crippen molar-refractivity contribution in [3.05, 3.63) is 24.0 Å². The molecule has 0 fully saturated rings. The molecular formula is C13H21FN2O. The van der Waals surface area contributed by atoms with E-state index in [1.807, 2.05) is 0 Å². The third-order valence-corrected chi connectivity index (χ3v) is 2.83. The minimum atomic E-state index is -0.272. The molecule has 17 heavy (non-hydrogen) atoms. The Morgan fingerprint density at radius 1 is 1.41 bits per heavy atom. The maximum absolute atomic E-state index is 13.1. The predicted molar refractivity (Wildman–Crippen MR) is 68.9 cm³/mol. The number of ether oxygens (including phenoxy) is 1. The first-order chi connectivity index (χ1) is 7.98. The van der Waals surface area contributed by atoms with Gasteiger partial charge in [-0.3, -0.25) is 0 Å². The molecule has 0 aliphatic carbocycles. The lowest BCUT2D eigenvalue weighted by atomic mass is 9.90. The summed E-state index contributed by atoms with van der Waals surface area (Å²) in [6.45, 7) is 5.59. The highest BCUT2D eigenvalue weighted by Crippen LogP contribution is 2.26. The summed E-state index contributed by atoms with van der Waals surface area (Å²) in [6, 6.07) is 4.44. The molecule has 0 amide bonds. The average Bonchev–Trinajstić information content (AvgIpc) is 2.29. The first-order valence-electron chi connectivity index (χ1n) is 5.76. The predicted octanol–water partition coefficient (Wildman–Crippen LogP) is 2.62. The van der Waals surface area contributed by atoms with Gasteiger partial charge >= 0.3 is 0 Å². The van der Waals surface area contributed by atoms with Crippen LogP contribution in [0.4, 0.5) is 10.1 Å². The van der Waals surface area contributed by atoms with Crippen LogP contribution in [0.1, 0.15) is 20.3 Å². The van der Waals surface area contributed by atoms with Crippen LogP contribution in [0.25, 0.3) is 0 Å². The third-order valence-electron chi connectivity index (χ3n) is 2.83. The molecule has 0 aromatic heterocycles. The Bertz CT molecular complexity index is 366. The van der Waals surface area contributed by atoms with Gasteiger partial charge in [0.25, 0.3) is 0 Å². The molecule has 1 aromatic rings. The Morgan fingerprint density at radius 2 is 2.12 bits per heavy atom. The maximum atomic E-state index is 13.1. The Hall–Kier alpha value is -1.29. The van der Waals surface area contributed by atoms with E-state index in [4.69, 9.17) is 10.5 Å². The molecule has 0 aliphatic heterocycles. The van der Waals surface area contributed by atoms with Crippen molar-refractivity contribution in [3.8, 4) is 5.75 Å². The Labute approximate surface area is 102 Å². The summed E-state index contributed by atoms with van der Waals surface area (Å²) < 4.78 is 18.3. The molecular weight excluding hydrogens is 219 g/mol. The maximum Gasteiger partial charge on any atom is 0.142 e. The topological polar surface area (TPSA) is 47.3 Å². The van der Waals surface area contributed by atoms with Crippen molar-refractivity contribution in [3.63, 3.8) is 0 Å². The van der Waals surface area contributed by atoms with E-state index in [-0.39, 0.29) is 11.2 Å². The molecule has 96 valence electrons. The molecule has 3 nitrogen and oxygen atoms in total. The molecule has 4 heteroatoms. The minimum absolute atomic E-state index is 0.0908. The van der Waals surface area contributed by atoms with Crippen LogP contribution in [0.3, 0.4) is 0 Å². The number of benzene rings is 1. The molecule has 0 saturated heterocycles. The molecule has 3 N–H and O–H groups in total. The lowest BCUT2D eigenvalue weighted by Crippen LogP contribution is -2.26. The van der Waals surface area contributed by atoms with Crippen LogP contribution in [0.5, 0.6) is 5.75 Å². The van der Waals surface area contributed by atoms with Gasteiger partial charge in [-0.1, -0.05) is 13.8 Å². The number of halogens is 1. The molecule has 0 saturated carbocycles. The molecule has 0 heterocycles. The van der Waals surface area contributed by atoms with E-state index in [0.717, 1.165) is 13.0 Å². The van der Waals surface area contributed by atoms with Gasteiger partial charge in [-0.2, -0.15) is 0 Å². The highest BCUT2D eigenvalue weighted by Gasteiger charge is 2.15. The molecule has 0 atom stereocenters. The molecule has 0 aliphatic rings. The van der Waals surface area contributed by atoms with Crippen molar-refractivity contribution in [2.75, 3.05) is 25.5 Å². The average molecular weight is 240 g/mol. The van der Waals surface area contributed by atoms with Crippen LogP contribution >= 0.6 is 0 Å². The number of rotatable bonds is 6. The van der Waals surface area contributed by atoms with Crippen LogP contribution < -0.4 is 15.8 Å². The van der Waals surface area contributed by atoms with Gasteiger partial charge in [-0.25, -0.2) is 4.39 Å². The molecule has 0 unspecified atom stereocenters. The summed E-state index contributed by atoms with van der Waals surface area (Å²) in [5.74, 6) is 0.378. The van der Waals surface area contributed by atoms with Gasteiger partial charge in [0.2, 0.25) is 0 Å². The number of hydrogen-bond acceptors (Lipinski definition) is 3. The van der Waals surface area contributed by atoms with Gasteiger partial charge in [0, 0.05) is 12.6 Å². The van der Waals surface area contributed by atoms with Crippen LogP contribution in [0, 0.1) is 11.2 Å². The highest BCUT2D eigenvalue weighted by atomic mass is 19.1. The zero-order chi connectivity index (χ0) is 12.9. The molecule has 0 radical (unpaired) electrons. The van der Waals surface area contributed by atoms with Gasteiger partial charge in [0.05, 0.1) is 12.8 Å². The zero-order valence-electron chi connectivity index (χ0n) is 10.7. The number of methoxy groups -OCH3 is 1. The second-order valence-corrected chi connectivity index (χ2v) is 4.89. The molecule has 1 aromatic carbocycles. The summed E-state index contributed by atoms with van der Waals surface area (Å²) in [4.78, 5) is 0. The summed E-state index contributed by atoms with van der Waals surface area (Å²) in [5, 5.41) is 3.17. The summed E-state index contributed by atoms with van der Waals surface area (Å²) in [6.07, 6.45) is 0.920. The smallest absolute Gasteiger partial charge is 0.142 e. The number of hydrogen-bond donors (Lipinski definition) is 2. The molecule has 0 bridgehead atoms. The number of nitrogens with one attached hydrogen (secondary N) is 1. The second-order valence-electron chi connectivity index (χ2n) is 4.89. The van der Waals surface area contributed by atoms with Crippen molar-refractivity contribution >= 4 is 5.69 Å². The molecule has 1 rings (SSSR count). The normalized spacial score (nSPS) is 11.4. The summed E-state index contributed by atoms with van der Waals surface area (Å²) >= 11 is 0. The minimum Gasteiger partial charge on any atom is -0.495 e. The van der Waals surface area contributed by atoms with Crippen LogP contribution in [-0.4, -0.2) is 20.2 Å². The highest BCUT2D eigenvalue weighted by molar-refractivity contribution is 5.56. The quantitative estimate of drug-likeness (QED) is 0.803. The van der Waals surface area contributed by atoms with Crippen LogP contribution in [-0.2, 0) is 0 Å². The van der Waals surface area contributed by atoms with Crippen LogP contribution in [0.15, 0.2) is 18.2 Å². The van der Waals surface area contributed by atoms with Crippen molar-refractivity contribution in [2.24, 2.45) is 11.1 Å². The Kier molecular flexibility index (Phi) is 4.75. The van der Waals surface area contributed by atoms with Gasteiger partial charge in [-0.05, 0) is 30.5 Å². The molecule has 0 spiro atoms. The SMILES string of the molecule is COc1ccc(F)cc1NCCC(C)(C)CN. The first kappa shape index (κ1) is 13.8. The van der Waals surface area contributed by atoms with Crippen molar-refractivity contribution in [1.29, 1.82) is 0 Å². The third kappa shape index (κ3) is 4.23. The lowest BCUT2D eigenvalue weighted by molar-refractivity contribution is 0.357. The lowest BCUT2D eigenvalue weighted by Gasteiger charge is -2.22. The van der Waals surface area contributed by atoms with Gasteiger partial charge in [0.15, 0.2) is 0 Å². The van der Waals surface area contributed by atoms with Gasteiger partial charge < -0.3 is 15.8 Å². The Morgan fingerprint density at radius 3 is 2.71 bits per heavy atom. The van der Waals surface area contributed by atoms with Crippen LogP contribution in [0.2, 0.25) is 0 Å². The van der Waals surface area contributed by atoms with E-state index in [2.05, 4.69) is 19.2 Å². The standard InChI is InChI=1S/C13H21FN2O/c1-13(2,9-15)6-7-16-11-8-10(14)4-5-12(11)17-3/h4-5,8,16H,6-7,9,15H2,1-3H3. The van der Waals surface area contributed by atoms with Crippen molar-refractivity contribution < 1.29 is 9.13 Å². The second kappa shape index (κ2) is 5.87. The van der Waals surface area contributed by atoms with Gasteiger partial charge in [0.1, 0.15) is 11.6 Å². The summed E-state index contributed by atoms with van der Waals surface area (Å²) in [7, 11) is 1.57. The van der Waals surface area contributed by atoms with E-state index < -0.39 is 0 Å². The fourth-order valence-electron chi connectivity index (χ4n) is 1.46. The van der Waals surface area contributed by atoms with E-state index in [0.29, 0.717) is 18.0 Å². The van der Waals surface area contributed by atoms with Crippen molar-refractivity contribution in [2.45, 2.75) is 20.3 Å². The fourth-order valence-corrected chi connectivity index (χ4v) is 1.46. The van der Waals surface area contributed by atoms with E-state index in [9.17, 15) is 4.39 Å². The number of anilines is 1.